The van der Waals surface area contributed by atoms with Gasteiger partial charge in [-0.15, -0.1) is 0 Å². The van der Waals surface area contributed by atoms with E-state index in [1.54, 1.807) is 0 Å². The van der Waals surface area contributed by atoms with Gasteiger partial charge in [0, 0.05) is 41.8 Å². The molecule has 0 spiro atoms. The van der Waals surface area contributed by atoms with Gasteiger partial charge in [0.2, 0.25) is 0 Å². The molecule has 5 nitrogen and oxygen atoms in total. The van der Waals surface area contributed by atoms with E-state index in [1.807, 2.05) is 31.3 Å². The number of pyridine rings is 1. The number of carbonyl (C=O) groups is 1. The number of unbranched alkanes of at least 4 members (excludes halogenated alkanes) is 2. The topological polar surface area (TPSA) is 51.7 Å². The average Bonchev–Trinajstić information content (AvgIpc) is 2.72. The van der Waals surface area contributed by atoms with E-state index in [0.29, 0.717) is 25.7 Å². The van der Waals surface area contributed by atoms with Crippen molar-refractivity contribution >= 4 is 21.9 Å². The number of nitrogens with zero attached hydrogens (tertiary/aromatic N) is 2. The molecule has 1 aromatic carbocycles. The molecule has 0 aliphatic rings. The summed E-state index contributed by atoms with van der Waals surface area (Å²) in [5.74, 6) is 0.815. The van der Waals surface area contributed by atoms with Crippen LogP contribution < -0.4 is 4.74 Å². The van der Waals surface area contributed by atoms with Gasteiger partial charge in [-0.3, -0.25) is 14.7 Å². The van der Waals surface area contributed by atoms with Crippen molar-refractivity contribution in [2.45, 2.75) is 65.6 Å². The van der Waals surface area contributed by atoms with Gasteiger partial charge < -0.3 is 9.47 Å². The lowest BCUT2D eigenvalue weighted by atomic mass is 10.1. The summed E-state index contributed by atoms with van der Waals surface area (Å²) in [6.07, 6.45) is 5.04. The normalized spacial score (nSPS) is 11.1. The fourth-order valence-electron chi connectivity index (χ4n) is 3.09. The lowest BCUT2D eigenvalue weighted by Gasteiger charge is -2.27. The van der Waals surface area contributed by atoms with Crippen LogP contribution in [-0.4, -0.2) is 35.1 Å². The second kappa shape index (κ2) is 13.4. The first-order valence-corrected chi connectivity index (χ1v) is 11.5. The zero-order valence-corrected chi connectivity index (χ0v) is 19.9. The number of ether oxygens (including phenoxy) is 2. The van der Waals surface area contributed by atoms with Gasteiger partial charge in [-0.05, 0) is 74.2 Å². The number of aromatic nitrogens is 1. The molecule has 0 N–H and O–H groups in total. The highest BCUT2D eigenvalue weighted by Gasteiger charge is 2.14. The van der Waals surface area contributed by atoms with Crippen LogP contribution in [0.4, 0.5) is 0 Å². The highest BCUT2D eigenvalue weighted by atomic mass is 79.9. The Hall–Kier alpha value is -1.92. The summed E-state index contributed by atoms with van der Waals surface area (Å²) >= 11 is 3.44. The van der Waals surface area contributed by atoms with Crippen LogP contribution >= 0.6 is 15.9 Å². The van der Waals surface area contributed by atoms with E-state index in [1.165, 1.54) is 5.56 Å². The van der Waals surface area contributed by atoms with Gasteiger partial charge in [0.05, 0.1) is 18.9 Å². The lowest BCUT2D eigenvalue weighted by molar-refractivity contribution is -0.143. The number of para-hydroxylation sites is 1. The molecule has 0 aliphatic heterocycles. The minimum absolute atomic E-state index is 0.113. The predicted molar refractivity (Wildman–Crippen MR) is 123 cm³/mol. The summed E-state index contributed by atoms with van der Waals surface area (Å²) < 4.78 is 12.0. The molecule has 0 saturated heterocycles. The van der Waals surface area contributed by atoms with Crippen LogP contribution in [0, 0.1) is 0 Å². The van der Waals surface area contributed by atoms with Crippen LogP contribution in [-0.2, 0) is 22.6 Å². The first-order chi connectivity index (χ1) is 14.5. The van der Waals surface area contributed by atoms with Gasteiger partial charge in [0.1, 0.15) is 5.75 Å². The zero-order chi connectivity index (χ0) is 21.8. The van der Waals surface area contributed by atoms with Crippen LogP contribution in [0.1, 0.15) is 57.7 Å². The Morgan fingerprint density at radius 2 is 1.90 bits per heavy atom. The van der Waals surface area contributed by atoms with Crippen LogP contribution in [0.5, 0.6) is 5.75 Å². The fourth-order valence-corrected chi connectivity index (χ4v) is 3.32. The molecule has 0 radical (unpaired) electrons. The van der Waals surface area contributed by atoms with Gasteiger partial charge in [0.15, 0.2) is 0 Å². The third-order valence-corrected chi connectivity index (χ3v) is 5.29. The summed E-state index contributed by atoms with van der Waals surface area (Å²) in [6, 6.07) is 12.7. The highest BCUT2D eigenvalue weighted by Crippen LogP contribution is 2.22. The molecular weight excluding hydrogens is 444 g/mol. The Kier molecular flexibility index (Phi) is 10.9. The molecule has 0 amide bonds. The van der Waals surface area contributed by atoms with E-state index in [2.05, 4.69) is 57.9 Å². The molecule has 6 heteroatoms. The second-order valence-electron chi connectivity index (χ2n) is 7.54. The molecule has 0 aliphatic carbocycles. The van der Waals surface area contributed by atoms with Gasteiger partial charge >= 0.3 is 5.97 Å². The van der Waals surface area contributed by atoms with Crippen LogP contribution in [0.15, 0.2) is 47.1 Å². The standard InChI is InChI=1S/C24H33BrN2O3/c1-4-29-24(28)12-6-5-9-15-30-23-11-8-7-10-20(23)17-27(19(2)3)18-22-14-13-21(25)16-26-22/h7-8,10-11,13-14,16,19H,4-6,9,12,15,17-18H2,1-3H3. The molecule has 0 unspecified atom stereocenters. The van der Waals surface area contributed by atoms with E-state index in [-0.39, 0.29) is 5.97 Å². The third kappa shape index (κ3) is 8.84. The summed E-state index contributed by atoms with van der Waals surface area (Å²) in [5, 5.41) is 0. The van der Waals surface area contributed by atoms with Crippen molar-refractivity contribution in [2.24, 2.45) is 0 Å². The molecule has 2 aromatic rings. The Morgan fingerprint density at radius 1 is 1.10 bits per heavy atom. The Balaban J connectivity index is 1.86. The van der Waals surface area contributed by atoms with Crippen molar-refractivity contribution in [1.29, 1.82) is 0 Å². The van der Waals surface area contributed by atoms with Gasteiger partial charge in [-0.1, -0.05) is 18.2 Å². The summed E-state index contributed by atoms with van der Waals surface area (Å²) in [4.78, 5) is 18.3. The molecule has 1 heterocycles. The van der Waals surface area contributed by atoms with Crippen LogP contribution in [0.25, 0.3) is 0 Å². The van der Waals surface area contributed by atoms with Crippen molar-refractivity contribution in [1.82, 2.24) is 9.88 Å². The average molecular weight is 477 g/mol. The number of carbonyl (C=O) groups excluding carboxylic acids is 1. The fraction of sp³-hybridized carbons (Fsp3) is 0.500. The number of benzene rings is 1. The van der Waals surface area contributed by atoms with Crippen molar-refractivity contribution < 1.29 is 14.3 Å². The smallest absolute Gasteiger partial charge is 0.305 e. The number of hydrogen-bond acceptors (Lipinski definition) is 5. The summed E-state index contributed by atoms with van der Waals surface area (Å²) in [7, 11) is 0. The number of rotatable bonds is 13. The molecule has 1 aromatic heterocycles. The predicted octanol–water partition coefficient (Wildman–Crippen LogP) is 5.76. The Bertz CT molecular complexity index is 765. The van der Waals surface area contributed by atoms with Crippen molar-refractivity contribution in [3.63, 3.8) is 0 Å². The minimum Gasteiger partial charge on any atom is -0.493 e. The van der Waals surface area contributed by atoms with Gasteiger partial charge in [0.25, 0.3) is 0 Å². The molecule has 164 valence electrons. The molecule has 0 bridgehead atoms. The number of hydrogen-bond donors (Lipinski definition) is 0. The van der Waals surface area contributed by atoms with Crippen LogP contribution in [0.2, 0.25) is 0 Å². The van der Waals surface area contributed by atoms with Crippen molar-refractivity contribution in [3.05, 3.63) is 58.3 Å². The van der Waals surface area contributed by atoms with Crippen molar-refractivity contribution in [2.75, 3.05) is 13.2 Å². The highest BCUT2D eigenvalue weighted by molar-refractivity contribution is 9.10. The lowest BCUT2D eigenvalue weighted by Crippen LogP contribution is -2.30. The Morgan fingerprint density at radius 3 is 2.60 bits per heavy atom. The SMILES string of the molecule is CCOC(=O)CCCCCOc1ccccc1CN(Cc1ccc(Br)cn1)C(C)C. The summed E-state index contributed by atoms with van der Waals surface area (Å²) in [5.41, 5.74) is 2.22. The van der Waals surface area contributed by atoms with E-state index in [0.717, 1.165) is 48.3 Å². The first-order valence-electron chi connectivity index (χ1n) is 10.7. The van der Waals surface area contributed by atoms with E-state index < -0.39 is 0 Å². The number of halogens is 1. The van der Waals surface area contributed by atoms with Gasteiger partial charge in [-0.2, -0.15) is 0 Å². The second-order valence-corrected chi connectivity index (χ2v) is 8.45. The third-order valence-electron chi connectivity index (χ3n) is 4.82. The van der Waals surface area contributed by atoms with Crippen molar-refractivity contribution in [3.8, 4) is 5.75 Å². The molecular formula is C24H33BrN2O3. The molecule has 0 saturated carbocycles. The Labute approximate surface area is 188 Å². The quantitative estimate of drug-likeness (QED) is 0.271. The first kappa shape index (κ1) is 24.4. The molecule has 0 fully saturated rings. The molecule has 2 rings (SSSR count). The summed E-state index contributed by atoms with van der Waals surface area (Å²) in [6.45, 7) is 8.91. The van der Waals surface area contributed by atoms with E-state index in [4.69, 9.17) is 9.47 Å². The monoisotopic (exact) mass is 476 g/mol. The number of esters is 1. The zero-order valence-electron chi connectivity index (χ0n) is 18.3. The minimum atomic E-state index is -0.113. The van der Waals surface area contributed by atoms with E-state index in [9.17, 15) is 4.79 Å². The maximum atomic E-state index is 11.4. The molecule has 30 heavy (non-hydrogen) atoms. The largest absolute Gasteiger partial charge is 0.493 e. The maximum Gasteiger partial charge on any atom is 0.305 e. The molecule has 0 atom stereocenters. The van der Waals surface area contributed by atoms with Gasteiger partial charge in [-0.25, -0.2) is 0 Å². The van der Waals surface area contributed by atoms with Crippen LogP contribution in [0.3, 0.4) is 0 Å². The van der Waals surface area contributed by atoms with E-state index >= 15 is 0 Å². The maximum absolute atomic E-state index is 11.4.